The summed E-state index contributed by atoms with van der Waals surface area (Å²) in [6, 6.07) is 3.87. The number of rotatable bonds is 1. The van der Waals surface area contributed by atoms with Gasteiger partial charge in [-0.3, -0.25) is 0 Å². The number of carbonyl (C=O) groups is 1. The Morgan fingerprint density at radius 2 is 2.29 bits per heavy atom. The quantitative estimate of drug-likeness (QED) is 0.862. The van der Waals surface area contributed by atoms with Gasteiger partial charge in [-0.15, -0.1) is 0 Å². The Hall–Kier alpha value is -1.30. The Labute approximate surface area is 108 Å². The summed E-state index contributed by atoms with van der Waals surface area (Å²) in [7, 11) is 0. The Kier molecular flexibility index (Phi) is 3.51. The average Bonchev–Trinajstić information content (AvgIpc) is 2.29. The monoisotopic (exact) mass is 299 g/mol. The minimum absolute atomic E-state index is 0.00769. The fourth-order valence-corrected chi connectivity index (χ4v) is 2.24. The lowest BCUT2D eigenvalue weighted by Gasteiger charge is -2.38. The molecule has 0 aliphatic carbocycles. The van der Waals surface area contributed by atoms with E-state index in [-0.39, 0.29) is 6.04 Å². The zero-order valence-electron chi connectivity index (χ0n) is 9.51. The first kappa shape index (κ1) is 12.2. The SMILES string of the molecule is C[C@@H]1CN(c2ccc(Br)cn2)CCN1C(=O)O. The van der Waals surface area contributed by atoms with E-state index in [0.29, 0.717) is 19.6 Å². The van der Waals surface area contributed by atoms with Gasteiger partial charge in [0.1, 0.15) is 5.82 Å². The normalized spacial score (nSPS) is 20.5. The van der Waals surface area contributed by atoms with Crippen molar-refractivity contribution >= 4 is 27.8 Å². The predicted octanol–water partition coefficient (Wildman–Crippen LogP) is 2.03. The molecule has 17 heavy (non-hydrogen) atoms. The molecule has 1 atom stereocenters. The van der Waals surface area contributed by atoms with E-state index in [4.69, 9.17) is 5.11 Å². The lowest BCUT2D eigenvalue weighted by molar-refractivity contribution is 0.122. The van der Waals surface area contributed by atoms with E-state index in [0.717, 1.165) is 10.3 Å². The lowest BCUT2D eigenvalue weighted by atomic mass is 10.2. The van der Waals surface area contributed by atoms with E-state index in [1.165, 1.54) is 4.90 Å². The molecule has 1 aromatic heterocycles. The molecule has 1 saturated heterocycles. The van der Waals surface area contributed by atoms with Crippen molar-refractivity contribution in [1.29, 1.82) is 0 Å². The van der Waals surface area contributed by atoms with Crippen LogP contribution in [0.3, 0.4) is 0 Å². The van der Waals surface area contributed by atoms with E-state index < -0.39 is 6.09 Å². The van der Waals surface area contributed by atoms with Crippen LogP contribution in [0, 0.1) is 0 Å². The first-order valence-corrected chi connectivity index (χ1v) is 6.23. The first-order chi connectivity index (χ1) is 8.08. The van der Waals surface area contributed by atoms with Crippen LogP contribution in [0.15, 0.2) is 22.8 Å². The molecule has 2 heterocycles. The Morgan fingerprint density at radius 3 is 2.82 bits per heavy atom. The third-order valence-electron chi connectivity index (χ3n) is 2.91. The predicted molar refractivity (Wildman–Crippen MR) is 68.3 cm³/mol. The molecular weight excluding hydrogens is 286 g/mol. The molecule has 0 aromatic carbocycles. The maximum absolute atomic E-state index is 10.9. The molecule has 0 radical (unpaired) electrons. The van der Waals surface area contributed by atoms with Gasteiger partial charge in [-0.05, 0) is 35.0 Å². The summed E-state index contributed by atoms with van der Waals surface area (Å²) in [6.45, 7) is 3.81. The standard InChI is InChI=1S/C11H14BrN3O2/c1-8-7-14(4-5-15(8)11(16)17)10-3-2-9(12)6-13-10/h2-3,6,8H,4-5,7H2,1H3,(H,16,17)/t8-/m1/s1. The fraction of sp³-hybridized carbons (Fsp3) is 0.455. The highest BCUT2D eigenvalue weighted by molar-refractivity contribution is 9.10. The van der Waals surface area contributed by atoms with Crippen LogP contribution >= 0.6 is 15.9 Å². The first-order valence-electron chi connectivity index (χ1n) is 5.44. The van der Waals surface area contributed by atoms with Crippen molar-refractivity contribution in [1.82, 2.24) is 9.88 Å². The van der Waals surface area contributed by atoms with Gasteiger partial charge in [-0.1, -0.05) is 0 Å². The molecule has 0 bridgehead atoms. The van der Waals surface area contributed by atoms with Gasteiger partial charge in [0.2, 0.25) is 0 Å². The van der Waals surface area contributed by atoms with Crippen molar-refractivity contribution in [2.75, 3.05) is 24.5 Å². The zero-order chi connectivity index (χ0) is 12.4. The molecule has 1 fully saturated rings. The van der Waals surface area contributed by atoms with Gasteiger partial charge >= 0.3 is 6.09 Å². The Morgan fingerprint density at radius 1 is 1.53 bits per heavy atom. The number of hydrogen-bond donors (Lipinski definition) is 1. The van der Waals surface area contributed by atoms with Gasteiger partial charge in [-0.2, -0.15) is 0 Å². The summed E-state index contributed by atoms with van der Waals surface area (Å²) in [5.74, 6) is 0.894. The third-order valence-corrected chi connectivity index (χ3v) is 3.38. The molecule has 1 N–H and O–H groups in total. The van der Waals surface area contributed by atoms with E-state index in [1.54, 1.807) is 6.20 Å². The second-order valence-corrected chi connectivity index (χ2v) is 5.02. The second-order valence-electron chi connectivity index (χ2n) is 4.11. The van der Waals surface area contributed by atoms with E-state index in [2.05, 4.69) is 25.8 Å². The number of anilines is 1. The summed E-state index contributed by atoms with van der Waals surface area (Å²) in [5.41, 5.74) is 0. The summed E-state index contributed by atoms with van der Waals surface area (Å²) in [5, 5.41) is 8.99. The lowest BCUT2D eigenvalue weighted by Crippen LogP contribution is -2.53. The van der Waals surface area contributed by atoms with E-state index >= 15 is 0 Å². The van der Waals surface area contributed by atoms with Gasteiger partial charge in [0.15, 0.2) is 0 Å². The molecule has 0 spiro atoms. The number of carboxylic acid groups (broad SMARTS) is 1. The van der Waals surface area contributed by atoms with Crippen molar-refractivity contribution in [2.45, 2.75) is 13.0 Å². The molecule has 5 nitrogen and oxygen atoms in total. The number of hydrogen-bond acceptors (Lipinski definition) is 3. The number of pyridine rings is 1. The van der Waals surface area contributed by atoms with Crippen LogP contribution in [0.25, 0.3) is 0 Å². The van der Waals surface area contributed by atoms with Crippen LogP contribution in [0.5, 0.6) is 0 Å². The molecule has 0 saturated carbocycles. The van der Waals surface area contributed by atoms with Gasteiger partial charge in [0.25, 0.3) is 0 Å². The Balaban J connectivity index is 2.06. The minimum Gasteiger partial charge on any atom is -0.465 e. The minimum atomic E-state index is -0.846. The third kappa shape index (κ3) is 2.69. The molecule has 1 aromatic rings. The molecular formula is C11H14BrN3O2. The number of nitrogens with zero attached hydrogens (tertiary/aromatic N) is 3. The Bertz CT molecular complexity index is 410. The van der Waals surface area contributed by atoms with Crippen LogP contribution in [0.1, 0.15) is 6.92 Å². The number of aromatic nitrogens is 1. The van der Waals surface area contributed by atoms with Crippen molar-refractivity contribution in [2.24, 2.45) is 0 Å². The van der Waals surface area contributed by atoms with Gasteiger partial charge in [-0.25, -0.2) is 9.78 Å². The molecule has 92 valence electrons. The smallest absolute Gasteiger partial charge is 0.407 e. The average molecular weight is 300 g/mol. The van der Waals surface area contributed by atoms with Crippen molar-refractivity contribution in [3.63, 3.8) is 0 Å². The van der Waals surface area contributed by atoms with Crippen LogP contribution in [0.2, 0.25) is 0 Å². The van der Waals surface area contributed by atoms with Gasteiger partial charge < -0.3 is 14.9 Å². The number of amides is 1. The highest BCUT2D eigenvalue weighted by Crippen LogP contribution is 2.18. The maximum Gasteiger partial charge on any atom is 0.407 e. The summed E-state index contributed by atoms with van der Waals surface area (Å²) < 4.78 is 0.943. The molecule has 1 amide bonds. The molecule has 1 aliphatic rings. The van der Waals surface area contributed by atoms with Gasteiger partial charge in [0.05, 0.1) is 0 Å². The second kappa shape index (κ2) is 4.91. The van der Waals surface area contributed by atoms with Crippen LogP contribution < -0.4 is 4.90 Å². The highest BCUT2D eigenvalue weighted by atomic mass is 79.9. The topological polar surface area (TPSA) is 56.7 Å². The molecule has 0 unspecified atom stereocenters. The number of halogens is 1. The fourth-order valence-electron chi connectivity index (χ4n) is 2.00. The molecule has 2 rings (SSSR count). The van der Waals surface area contributed by atoms with Gasteiger partial charge in [0, 0.05) is 36.3 Å². The van der Waals surface area contributed by atoms with E-state index in [9.17, 15) is 4.79 Å². The van der Waals surface area contributed by atoms with Crippen molar-refractivity contribution < 1.29 is 9.90 Å². The maximum atomic E-state index is 10.9. The number of piperazine rings is 1. The highest BCUT2D eigenvalue weighted by Gasteiger charge is 2.27. The van der Waals surface area contributed by atoms with Crippen molar-refractivity contribution in [3.8, 4) is 0 Å². The van der Waals surface area contributed by atoms with Crippen LogP contribution in [-0.2, 0) is 0 Å². The van der Waals surface area contributed by atoms with E-state index in [1.807, 2.05) is 19.1 Å². The molecule has 1 aliphatic heterocycles. The summed E-state index contributed by atoms with van der Waals surface area (Å²) in [6.07, 6.45) is 0.907. The summed E-state index contributed by atoms with van der Waals surface area (Å²) >= 11 is 3.34. The van der Waals surface area contributed by atoms with Crippen LogP contribution in [-0.4, -0.2) is 46.8 Å². The zero-order valence-corrected chi connectivity index (χ0v) is 11.1. The van der Waals surface area contributed by atoms with Crippen LogP contribution in [0.4, 0.5) is 10.6 Å². The van der Waals surface area contributed by atoms with Crippen molar-refractivity contribution in [3.05, 3.63) is 22.8 Å². The molecule has 6 heteroatoms. The largest absolute Gasteiger partial charge is 0.465 e. The summed E-state index contributed by atoms with van der Waals surface area (Å²) in [4.78, 5) is 18.8.